The number of hydrogen-bond donors (Lipinski definition) is 2. The molecule has 0 bridgehead atoms. The number of amides is 2. The monoisotopic (exact) mass is 418 g/mol. The lowest BCUT2D eigenvalue weighted by Gasteiger charge is -2.29. The summed E-state index contributed by atoms with van der Waals surface area (Å²) >= 11 is 0. The van der Waals surface area contributed by atoms with Gasteiger partial charge < -0.3 is 15.2 Å². The van der Waals surface area contributed by atoms with Crippen molar-refractivity contribution in [2.75, 3.05) is 18.2 Å². The van der Waals surface area contributed by atoms with Gasteiger partial charge in [-0.1, -0.05) is 24.3 Å². The molecular formula is C23H22N4O4. The maximum atomic E-state index is 13.6. The van der Waals surface area contributed by atoms with Crippen LogP contribution in [-0.2, 0) is 9.59 Å². The molecule has 0 saturated carbocycles. The van der Waals surface area contributed by atoms with Crippen LogP contribution in [0.25, 0.3) is 0 Å². The number of hydrogen-bond acceptors (Lipinski definition) is 6. The average molecular weight is 418 g/mol. The van der Waals surface area contributed by atoms with Crippen molar-refractivity contribution in [2.24, 2.45) is 17.6 Å². The lowest BCUT2D eigenvalue weighted by atomic mass is 9.85. The van der Waals surface area contributed by atoms with Crippen molar-refractivity contribution < 1.29 is 19.1 Å². The highest BCUT2D eigenvalue weighted by Gasteiger charge is 2.63. The van der Waals surface area contributed by atoms with E-state index in [0.717, 1.165) is 24.9 Å². The van der Waals surface area contributed by atoms with Gasteiger partial charge in [-0.3, -0.25) is 19.9 Å². The van der Waals surface area contributed by atoms with Crippen molar-refractivity contribution in [1.29, 1.82) is 5.41 Å². The standard InChI is InChI=1S/C23H22N4O4/c24-21(25)13-5-3-12(4-6-13)20-19-18(15-2-1-9-26(15)20)22(28)27(23(19)29)14-7-8-16-17(10-14)31-11-30-16/h3-8,10,15,18-20H,1-2,9,11H2,(H3,24,25)/t15-,18-,19-,20-/m1/s1. The molecule has 3 fully saturated rings. The van der Waals surface area contributed by atoms with E-state index < -0.39 is 5.92 Å². The number of carbonyl (C=O) groups is 2. The van der Waals surface area contributed by atoms with Crippen molar-refractivity contribution in [3.8, 4) is 11.5 Å². The van der Waals surface area contributed by atoms with E-state index in [9.17, 15) is 9.59 Å². The number of amidine groups is 1. The number of nitrogen functional groups attached to an aromatic ring is 1. The Morgan fingerprint density at radius 3 is 2.52 bits per heavy atom. The summed E-state index contributed by atoms with van der Waals surface area (Å²) in [5, 5.41) is 7.63. The molecular weight excluding hydrogens is 396 g/mol. The molecule has 3 saturated heterocycles. The first-order chi connectivity index (χ1) is 15.0. The summed E-state index contributed by atoms with van der Waals surface area (Å²) < 4.78 is 10.8. The van der Waals surface area contributed by atoms with Crippen LogP contribution in [0.15, 0.2) is 42.5 Å². The van der Waals surface area contributed by atoms with Crippen LogP contribution in [0.4, 0.5) is 5.69 Å². The van der Waals surface area contributed by atoms with Crippen molar-refractivity contribution in [1.82, 2.24) is 4.90 Å². The molecule has 6 rings (SSSR count). The Morgan fingerprint density at radius 1 is 1.00 bits per heavy atom. The Labute approximate surface area is 179 Å². The van der Waals surface area contributed by atoms with Gasteiger partial charge in [0.1, 0.15) is 5.84 Å². The summed E-state index contributed by atoms with van der Waals surface area (Å²) in [6.45, 7) is 1.02. The van der Waals surface area contributed by atoms with Crippen LogP contribution in [0.2, 0.25) is 0 Å². The molecule has 4 atom stereocenters. The summed E-state index contributed by atoms with van der Waals surface area (Å²) in [6.07, 6.45) is 1.93. The first-order valence-electron chi connectivity index (χ1n) is 10.5. The van der Waals surface area contributed by atoms with E-state index in [0.29, 0.717) is 22.7 Å². The molecule has 4 heterocycles. The van der Waals surface area contributed by atoms with Crippen molar-refractivity contribution in [3.05, 3.63) is 53.6 Å². The number of nitrogens with one attached hydrogen (secondary N) is 1. The normalized spacial score (nSPS) is 28.8. The highest BCUT2D eigenvalue weighted by atomic mass is 16.7. The second-order valence-electron chi connectivity index (χ2n) is 8.53. The van der Waals surface area contributed by atoms with Crippen molar-refractivity contribution in [2.45, 2.75) is 24.9 Å². The smallest absolute Gasteiger partial charge is 0.239 e. The molecule has 2 aromatic carbocycles. The highest BCUT2D eigenvalue weighted by Crippen LogP contribution is 2.54. The summed E-state index contributed by atoms with van der Waals surface area (Å²) in [4.78, 5) is 30.8. The number of imide groups is 1. The van der Waals surface area contributed by atoms with Gasteiger partial charge in [-0.15, -0.1) is 0 Å². The van der Waals surface area contributed by atoms with Gasteiger partial charge in [0.2, 0.25) is 18.6 Å². The summed E-state index contributed by atoms with van der Waals surface area (Å²) in [5.74, 6) is 0.111. The Balaban J connectivity index is 1.39. The quantitative estimate of drug-likeness (QED) is 0.449. The summed E-state index contributed by atoms with van der Waals surface area (Å²) in [5.41, 5.74) is 7.76. The Hall–Kier alpha value is -3.39. The number of benzene rings is 2. The first kappa shape index (κ1) is 18.4. The molecule has 4 aliphatic rings. The number of nitrogens with two attached hydrogens (primary N) is 1. The molecule has 2 aromatic rings. The third-order valence-electron chi connectivity index (χ3n) is 7.03. The van der Waals surface area contributed by atoms with Crippen molar-refractivity contribution >= 4 is 23.3 Å². The Morgan fingerprint density at radius 2 is 1.74 bits per heavy atom. The predicted molar refractivity (Wildman–Crippen MR) is 112 cm³/mol. The Bertz CT molecular complexity index is 1120. The molecule has 8 nitrogen and oxygen atoms in total. The number of fused-ring (bicyclic) bond motifs is 4. The minimum Gasteiger partial charge on any atom is -0.454 e. The van der Waals surface area contributed by atoms with Crippen LogP contribution in [0.1, 0.15) is 30.0 Å². The van der Waals surface area contributed by atoms with Gasteiger partial charge in [0.15, 0.2) is 11.5 Å². The van der Waals surface area contributed by atoms with Gasteiger partial charge in [0.25, 0.3) is 0 Å². The van der Waals surface area contributed by atoms with Crippen LogP contribution in [0, 0.1) is 17.2 Å². The maximum Gasteiger partial charge on any atom is 0.239 e. The van der Waals surface area contributed by atoms with Gasteiger partial charge in [0.05, 0.1) is 17.5 Å². The highest BCUT2D eigenvalue weighted by molar-refractivity contribution is 6.23. The van der Waals surface area contributed by atoms with Gasteiger partial charge in [-0.05, 0) is 37.1 Å². The van der Waals surface area contributed by atoms with E-state index in [4.69, 9.17) is 20.6 Å². The zero-order valence-electron chi connectivity index (χ0n) is 16.8. The zero-order chi connectivity index (χ0) is 21.3. The topological polar surface area (TPSA) is 109 Å². The lowest BCUT2D eigenvalue weighted by Crippen LogP contribution is -2.39. The maximum absolute atomic E-state index is 13.6. The minimum atomic E-state index is -0.425. The van der Waals surface area contributed by atoms with E-state index in [1.807, 2.05) is 24.3 Å². The fourth-order valence-electron chi connectivity index (χ4n) is 5.74. The number of nitrogens with zero attached hydrogens (tertiary/aromatic N) is 2. The Kier molecular flexibility index (Phi) is 3.89. The second kappa shape index (κ2) is 6.55. The molecule has 0 aromatic heterocycles. The number of carbonyl (C=O) groups excluding carboxylic acids is 2. The second-order valence-corrected chi connectivity index (χ2v) is 8.53. The van der Waals surface area contributed by atoms with Crippen LogP contribution in [-0.4, -0.2) is 41.9 Å². The third-order valence-corrected chi connectivity index (χ3v) is 7.03. The summed E-state index contributed by atoms with van der Waals surface area (Å²) in [6, 6.07) is 12.6. The van der Waals surface area contributed by atoms with Gasteiger partial charge in [-0.2, -0.15) is 0 Å². The molecule has 158 valence electrons. The predicted octanol–water partition coefficient (Wildman–Crippen LogP) is 2.02. The lowest BCUT2D eigenvalue weighted by molar-refractivity contribution is -0.123. The van der Waals surface area contributed by atoms with E-state index in [1.54, 1.807) is 18.2 Å². The third kappa shape index (κ3) is 2.54. The van der Waals surface area contributed by atoms with E-state index in [2.05, 4.69) is 4.90 Å². The molecule has 0 spiro atoms. The molecule has 0 aliphatic carbocycles. The van der Waals surface area contributed by atoms with E-state index in [1.165, 1.54) is 4.90 Å². The molecule has 4 aliphatic heterocycles. The van der Waals surface area contributed by atoms with Crippen LogP contribution in [0.5, 0.6) is 11.5 Å². The van der Waals surface area contributed by atoms with Crippen LogP contribution < -0.4 is 20.1 Å². The van der Waals surface area contributed by atoms with Gasteiger partial charge in [0, 0.05) is 23.7 Å². The van der Waals surface area contributed by atoms with Gasteiger partial charge >= 0.3 is 0 Å². The minimum absolute atomic E-state index is 0.0102. The number of ether oxygens (including phenoxy) is 2. The fourth-order valence-corrected chi connectivity index (χ4v) is 5.74. The van der Waals surface area contributed by atoms with E-state index >= 15 is 0 Å². The van der Waals surface area contributed by atoms with Crippen LogP contribution in [0.3, 0.4) is 0 Å². The molecule has 2 amide bonds. The van der Waals surface area contributed by atoms with Crippen molar-refractivity contribution in [3.63, 3.8) is 0 Å². The largest absolute Gasteiger partial charge is 0.454 e. The molecule has 8 heteroatoms. The fraction of sp³-hybridized carbons (Fsp3) is 0.348. The SMILES string of the molecule is N=C(N)c1ccc([C@@H]2[C@@H]3C(=O)N(c4ccc5c(c4)OCO5)C(=O)[C@@H]3[C@H]3CCCN32)cc1. The zero-order valence-corrected chi connectivity index (χ0v) is 16.8. The summed E-state index contributed by atoms with van der Waals surface area (Å²) in [7, 11) is 0. The number of rotatable bonds is 3. The number of anilines is 1. The average Bonchev–Trinajstić information content (AvgIpc) is 3.51. The first-order valence-corrected chi connectivity index (χ1v) is 10.5. The van der Waals surface area contributed by atoms with Gasteiger partial charge in [-0.25, -0.2) is 4.90 Å². The molecule has 3 N–H and O–H groups in total. The molecule has 0 unspecified atom stereocenters. The molecule has 31 heavy (non-hydrogen) atoms. The van der Waals surface area contributed by atoms with E-state index in [-0.39, 0.29) is 42.4 Å². The van der Waals surface area contributed by atoms with Crippen LogP contribution >= 0.6 is 0 Å². The molecule has 0 radical (unpaired) electrons.